The molecule has 0 N–H and O–H groups in total. The Morgan fingerprint density at radius 2 is 2.12 bits per heavy atom. The highest BCUT2D eigenvalue weighted by Crippen LogP contribution is 2.36. The fourth-order valence-electron chi connectivity index (χ4n) is 3.44. The molecule has 0 unspecified atom stereocenters. The molecule has 5 heteroatoms. The third-order valence-corrected chi connectivity index (χ3v) is 4.58. The van der Waals surface area contributed by atoms with E-state index in [1.807, 2.05) is 6.07 Å². The van der Waals surface area contributed by atoms with Crippen molar-refractivity contribution >= 4 is 11.6 Å². The summed E-state index contributed by atoms with van der Waals surface area (Å²) >= 11 is 0. The standard InChI is InChI=1S/C21H22FNO3/c1-4-7-15-12-16(13-18(25-2)20(15)26-3)21(24)23-11-6-9-14-8-5-10-17(22)19(14)23/h4-5,8,10,12-13H,1,6-7,9,11H2,2-3H3. The van der Waals surface area contributed by atoms with E-state index in [0.717, 1.165) is 24.0 Å². The van der Waals surface area contributed by atoms with Gasteiger partial charge in [-0.2, -0.15) is 0 Å². The van der Waals surface area contributed by atoms with Gasteiger partial charge in [0.25, 0.3) is 5.91 Å². The highest BCUT2D eigenvalue weighted by atomic mass is 19.1. The zero-order chi connectivity index (χ0) is 18.7. The Kier molecular flexibility index (Phi) is 5.26. The number of nitrogens with zero attached hydrogens (tertiary/aromatic N) is 1. The van der Waals surface area contributed by atoms with Crippen LogP contribution in [0, 0.1) is 5.82 Å². The van der Waals surface area contributed by atoms with E-state index >= 15 is 0 Å². The number of carbonyl (C=O) groups is 1. The molecule has 0 radical (unpaired) electrons. The molecule has 136 valence electrons. The molecule has 0 aromatic heterocycles. The maximum atomic E-state index is 14.4. The Hall–Kier alpha value is -2.82. The van der Waals surface area contributed by atoms with Crippen LogP contribution in [0.4, 0.5) is 10.1 Å². The van der Waals surface area contributed by atoms with Crippen molar-refractivity contribution in [2.24, 2.45) is 0 Å². The number of methoxy groups -OCH3 is 2. The maximum Gasteiger partial charge on any atom is 0.258 e. The van der Waals surface area contributed by atoms with Crippen LogP contribution in [0.2, 0.25) is 0 Å². The number of halogens is 1. The third kappa shape index (κ3) is 3.17. The van der Waals surface area contributed by atoms with E-state index in [-0.39, 0.29) is 11.7 Å². The number of rotatable bonds is 5. The van der Waals surface area contributed by atoms with Crippen molar-refractivity contribution in [2.45, 2.75) is 19.3 Å². The molecule has 0 spiro atoms. The largest absolute Gasteiger partial charge is 0.493 e. The van der Waals surface area contributed by atoms with Gasteiger partial charge in [0.1, 0.15) is 5.82 Å². The van der Waals surface area contributed by atoms with Crippen molar-refractivity contribution in [1.29, 1.82) is 0 Å². The monoisotopic (exact) mass is 355 g/mol. The second-order valence-electron chi connectivity index (χ2n) is 6.17. The van der Waals surface area contributed by atoms with Crippen LogP contribution >= 0.6 is 0 Å². The van der Waals surface area contributed by atoms with Crippen molar-refractivity contribution in [1.82, 2.24) is 0 Å². The molecule has 2 aromatic carbocycles. The van der Waals surface area contributed by atoms with Crippen LogP contribution < -0.4 is 14.4 Å². The van der Waals surface area contributed by atoms with E-state index in [4.69, 9.17) is 9.47 Å². The van der Waals surface area contributed by atoms with Crippen molar-refractivity contribution < 1.29 is 18.7 Å². The number of anilines is 1. The minimum absolute atomic E-state index is 0.248. The van der Waals surface area contributed by atoms with Crippen LogP contribution in [0.1, 0.15) is 27.9 Å². The zero-order valence-corrected chi connectivity index (χ0v) is 15.0. The van der Waals surface area contributed by atoms with Crippen molar-refractivity contribution in [3.05, 3.63) is 65.5 Å². The van der Waals surface area contributed by atoms with E-state index in [2.05, 4.69) is 6.58 Å². The van der Waals surface area contributed by atoms with Crippen LogP contribution in [0.25, 0.3) is 0 Å². The summed E-state index contributed by atoms with van der Waals surface area (Å²) in [7, 11) is 3.09. The Bertz CT molecular complexity index is 847. The third-order valence-electron chi connectivity index (χ3n) is 4.58. The first-order chi connectivity index (χ1) is 12.6. The lowest BCUT2D eigenvalue weighted by atomic mass is 9.99. The molecule has 2 aromatic rings. The molecule has 4 nitrogen and oxygen atoms in total. The molecule has 0 saturated heterocycles. The Labute approximate surface area is 152 Å². The predicted molar refractivity (Wildman–Crippen MR) is 99.8 cm³/mol. The van der Waals surface area contributed by atoms with Gasteiger partial charge in [-0.3, -0.25) is 4.79 Å². The SMILES string of the molecule is C=CCc1cc(C(=O)N2CCCc3cccc(F)c32)cc(OC)c1OC. The Morgan fingerprint density at radius 3 is 2.81 bits per heavy atom. The number of amides is 1. The molecule has 1 heterocycles. The lowest BCUT2D eigenvalue weighted by Gasteiger charge is -2.30. The second-order valence-corrected chi connectivity index (χ2v) is 6.17. The molecular weight excluding hydrogens is 333 g/mol. The molecule has 0 aliphatic carbocycles. The molecular formula is C21H22FNO3. The number of hydrogen-bond donors (Lipinski definition) is 0. The van der Waals surface area contributed by atoms with Crippen LogP contribution in [-0.2, 0) is 12.8 Å². The molecule has 0 fully saturated rings. The number of fused-ring (bicyclic) bond motifs is 1. The highest BCUT2D eigenvalue weighted by molar-refractivity contribution is 6.07. The van der Waals surface area contributed by atoms with E-state index < -0.39 is 0 Å². The normalized spacial score (nSPS) is 13.1. The molecule has 26 heavy (non-hydrogen) atoms. The summed E-state index contributed by atoms with van der Waals surface area (Å²) in [5.41, 5.74) is 2.48. The maximum absolute atomic E-state index is 14.4. The van der Waals surface area contributed by atoms with E-state index in [9.17, 15) is 9.18 Å². The number of carbonyl (C=O) groups excluding carboxylic acids is 1. The van der Waals surface area contributed by atoms with E-state index in [1.54, 1.807) is 31.4 Å². The van der Waals surface area contributed by atoms with E-state index in [1.165, 1.54) is 18.1 Å². The van der Waals surface area contributed by atoms with Gasteiger partial charge < -0.3 is 14.4 Å². The molecule has 1 amide bonds. The van der Waals surface area contributed by atoms with Crippen LogP contribution in [-0.4, -0.2) is 26.7 Å². The summed E-state index contributed by atoms with van der Waals surface area (Å²) in [6.07, 6.45) is 3.84. The van der Waals surface area contributed by atoms with Gasteiger partial charge >= 0.3 is 0 Å². The minimum Gasteiger partial charge on any atom is -0.493 e. The van der Waals surface area contributed by atoms with Crippen LogP contribution in [0.15, 0.2) is 43.0 Å². The highest BCUT2D eigenvalue weighted by Gasteiger charge is 2.27. The topological polar surface area (TPSA) is 38.8 Å². The molecule has 0 saturated carbocycles. The smallest absolute Gasteiger partial charge is 0.258 e. The van der Waals surface area contributed by atoms with Crippen molar-refractivity contribution in [3.63, 3.8) is 0 Å². The fraction of sp³-hybridized carbons (Fsp3) is 0.286. The summed E-state index contributed by atoms with van der Waals surface area (Å²) in [6, 6.07) is 8.35. The van der Waals surface area contributed by atoms with Gasteiger partial charge in [-0.25, -0.2) is 4.39 Å². The van der Waals surface area contributed by atoms with Crippen LogP contribution in [0.3, 0.4) is 0 Å². The van der Waals surface area contributed by atoms with E-state index in [0.29, 0.717) is 35.7 Å². The van der Waals surface area contributed by atoms with Crippen molar-refractivity contribution in [3.8, 4) is 11.5 Å². The van der Waals surface area contributed by atoms with Gasteiger partial charge in [0.2, 0.25) is 0 Å². The molecule has 1 aliphatic rings. The van der Waals surface area contributed by atoms with Crippen molar-refractivity contribution in [2.75, 3.05) is 25.7 Å². The number of para-hydroxylation sites is 1. The van der Waals surface area contributed by atoms with Gasteiger partial charge in [0.05, 0.1) is 19.9 Å². The summed E-state index contributed by atoms with van der Waals surface area (Å²) < 4.78 is 25.2. The van der Waals surface area contributed by atoms with Gasteiger partial charge in [0, 0.05) is 17.7 Å². The number of ether oxygens (including phenoxy) is 2. The average Bonchev–Trinajstić information content (AvgIpc) is 2.66. The minimum atomic E-state index is -0.373. The molecule has 3 rings (SSSR count). The number of aryl methyl sites for hydroxylation is 1. The lowest BCUT2D eigenvalue weighted by Crippen LogP contribution is -2.36. The average molecular weight is 355 g/mol. The van der Waals surface area contributed by atoms with Gasteiger partial charge in [-0.05, 0) is 43.0 Å². The molecule has 1 aliphatic heterocycles. The van der Waals surface area contributed by atoms with Gasteiger partial charge in [-0.1, -0.05) is 18.2 Å². The first kappa shape index (κ1) is 18.0. The number of hydrogen-bond acceptors (Lipinski definition) is 3. The Morgan fingerprint density at radius 1 is 1.31 bits per heavy atom. The lowest BCUT2D eigenvalue weighted by molar-refractivity contribution is 0.0983. The summed E-state index contributed by atoms with van der Waals surface area (Å²) in [5.74, 6) is 0.430. The fourth-order valence-corrected chi connectivity index (χ4v) is 3.44. The van der Waals surface area contributed by atoms with Gasteiger partial charge in [-0.15, -0.1) is 6.58 Å². The van der Waals surface area contributed by atoms with Gasteiger partial charge in [0.15, 0.2) is 11.5 Å². The first-order valence-electron chi connectivity index (χ1n) is 8.55. The Balaban J connectivity index is 2.07. The predicted octanol–water partition coefficient (Wildman–Crippen LogP) is 4.16. The first-order valence-corrected chi connectivity index (χ1v) is 8.55. The quantitative estimate of drug-likeness (QED) is 0.756. The summed E-state index contributed by atoms with van der Waals surface area (Å²) in [5, 5.41) is 0. The summed E-state index contributed by atoms with van der Waals surface area (Å²) in [4.78, 5) is 14.7. The number of allylic oxidation sites excluding steroid dienone is 1. The zero-order valence-electron chi connectivity index (χ0n) is 15.0. The number of benzene rings is 2. The molecule has 0 atom stereocenters. The molecule has 0 bridgehead atoms. The summed E-state index contributed by atoms with van der Waals surface area (Å²) in [6.45, 7) is 4.24. The second kappa shape index (κ2) is 7.60. The van der Waals surface area contributed by atoms with Crippen LogP contribution in [0.5, 0.6) is 11.5 Å².